The molecule has 1 aromatic carbocycles. The molecule has 1 aliphatic rings. The van der Waals surface area contributed by atoms with Gasteiger partial charge < -0.3 is 16.0 Å². The summed E-state index contributed by atoms with van der Waals surface area (Å²) in [6.07, 6.45) is 0.947. The van der Waals surface area contributed by atoms with Crippen LogP contribution in [-0.2, 0) is 9.84 Å². The van der Waals surface area contributed by atoms with Crippen LogP contribution in [0.15, 0.2) is 24.3 Å². The van der Waals surface area contributed by atoms with Gasteiger partial charge in [0, 0.05) is 22.6 Å². The summed E-state index contributed by atoms with van der Waals surface area (Å²) < 4.78 is 22.7. The van der Waals surface area contributed by atoms with Gasteiger partial charge in [0.2, 0.25) is 0 Å². The second kappa shape index (κ2) is 5.07. The van der Waals surface area contributed by atoms with Crippen molar-refractivity contribution in [1.82, 2.24) is 10.3 Å². The number of nitrogens with one attached hydrogen (secondary N) is 2. The molecule has 1 saturated heterocycles. The zero-order chi connectivity index (χ0) is 15.0. The van der Waals surface area contributed by atoms with E-state index in [0.717, 1.165) is 10.9 Å². The Bertz CT molecular complexity index is 781. The highest BCUT2D eigenvalue weighted by molar-refractivity contribution is 7.91. The van der Waals surface area contributed by atoms with Crippen molar-refractivity contribution in [2.45, 2.75) is 18.9 Å². The van der Waals surface area contributed by atoms with E-state index in [2.05, 4.69) is 10.3 Å². The van der Waals surface area contributed by atoms with E-state index in [1.54, 1.807) is 18.2 Å². The number of benzene rings is 1. The third kappa shape index (κ3) is 3.02. The van der Waals surface area contributed by atoms with Crippen molar-refractivity contribution in [2.24, 2.45) is 0 Å². The van der Waals surface area contributed by atoms with Crippen LogP contribution in [-0.4, -0.2) is 36.9 Å². The lowest BCUT2D eigenvalue weighted by molar-refractivity contribution is 0.0930. The number of hydrogen-bond acceptors (Lipinski definition) is 4. The standard InChI is InChI=1S/C14H17N3O3S/c15-10-1-2-12-9(7-10)8-13(17-12)14(18)16-11-3-5-21(19,20)6-4-11/h1-2,7-8,11,17H,3-6,15H2,(H,16,18). The summed E-state index contributed by atoms with van der Waals surface area (Å²) in [6, 6.07) is 7.06. The van der Waals surface area contributed by atoms with Crippen LogP contribution >= 0.6 is 0 Å². The van der Waals surface area contributed by atoms with Gasteiger partial charge in [0.15, 0.2) is 0 Å². The van der Waals surface area contributed by atoms with Crippen LogP contribution in [0.1, 0.15) is 23.3 Å². The molecule has 1 aliphatic heterocycles. The number of carbonyl (C=O) groups is 1. The largest absolute Gasteiger partial charge is 0.399 e. The Labute approximate surface area is 122 Å². The second-order valence-electron chi connectivity index (χ2n) is 5.43. The van der Waals surface area contributed by atoms with E-state index >= 15 is 0 Å². The third-order valence-electron chi connectivity index (χ3n) is 3.78. The van der Waals surface area contributed by atoms with E-state index in [1.165, 1.54) is 0 Å². The molecule has 3 rings (SSSR count). The summed E-state index contributed by atoms with van der Waals surface area (Å²) >= 11 is 0. The van der Waals surface area contributed by atoms with Gasteiger partial charge in [-0.3, -0.25) is 4.79 Å². The Morgan fingerprint density at radius 3 is 2.67 bits per heavy atom. The zero-order valence-electron chi connectivity index (χ0n) is 11.4. The Hall–Kier alpha value is -2.02. The lowest BCUT2D eigenvalue weighted by Crippen LogP contribution is -2.40. The Kier molecular flexibility index (Phi) is 3.36. The minimum Gasteiger partial charge on any atom is -0.399 e. The van der Waals surface area contributed by atoms with Gasteiger partial charge in [-0.1, -0.05) is 0 Å². The van der Waals surface area contributed by atoms with Gasteiger partial charge in [0.25, 0.3) is 5.91 Å². The van der Waals surface area contributed by atoms with Crippen LogP contribution in [0, 0.1) is 0 Å². The van der Waals surface area contributed by atoms with Gasteiger partial charge >= 0.3 is 0 Å². The fourth-order valence-corrected chi connectivity index (χ4v) is 4.06. The van der Waals surface area contributed by atoms with Crippen LogP contribution < -0.4 is 11.1 Å². The number of nitrogen functional groups attached to an aromatic ring is 1. The van der Waals surface area contributed by atoms with Crippen LogP contribution in [0.5, 0.6) is 0 Å². The Morgan fingerprint density at radius 1 is 1.24 bits per heavy atom. The van der Waals surface area contributed by atoms with Crippen molar-refractivity contribution < 1.29 is 13.2 Å². The van der Waals surface area contributed by atoms with Crippen molar-refractivity contribution in [3.63, 3.8) is 0 Å². The number of sulfone groups is 1. The van der Waals surface area contributed by atoms with Gasteiger partial charge in [-0.25, -0.2) is 8.42 Å². The smallest absolute Gasteiger partial charge is 0.267 e. The first kappa shape index (κ1) is 13.9. The maximum atomic E-state index is 12.2. The summed E-state index contributed by atoms with van der Waals surface area (Å²) in [7, 11) is -2.91. The van der Waals surface area contributed by atoms with Gasteiger partial charge in [0.05, 0.1) is 11.5 Å². The molecular weight excluding hydrogens is 290 g/mol. The molecule has 1 aromatic heterocycles. The van der Waals surface area contributed by atoms with Crippen LogP contribution in [0.3, 0.4) is 0 Å². The van der Waals surface area contributed by atoms with Crippen molar-refractivity contribution in [3.05, 3.63) is 30.0 Å². The molecule has 0 bridgehead atoms. The summed E-state index contributed by atoms with van der Waals surface area (Å²) in [5.41, 5.74) is 7.67. The van der Waals surface area contributed by atoms with Crippen molar-refractivity contribution >= 4 is 32.3 Å². The van der Waals surface area contributed by atoms with Crippen LogP contribution in [0.25, 0.3) is 10.9 Å². The fraction of sp³-hybridized carbons (Fsp3) is 0.357. The topological polar surface area (TPSA) is 105 Å². The van der Waals surface area contributed by atoms with Crippen molar-refractivity contribution in [2.75, 3.05) is 17.2 Å². The second-order valence-corrected chi connectivity index (χ2v) is 7.73. The average Bonchev–Trinajstić information content (AvgIpc) is 2.84. The molecule has 4 N–H and O–H groups in total. The molecule has 6 nitrogen and oxygen atoms in total. The molecule has 0 spiro atoms. The molecule has 2 heterocycles. The lowest BCUT2D eigenvalue weighted by Gasteiger charge is -2.22. The van der Waals surface area contributed by atoms with E-state index in [1.807, 2.05) is 6.07 Å². The van der Waals surface area contributed by atoms with Crippen molar-refractivity contribution in [3.8, 4) is 0 Å². The van der Waals surface area contributed by atoms with E-state index < -0.39 is 9.84 Å². The third-order valence-corrected chi connectivity index (χ3v) is 5.49. The van der Waals surface area contributed by atoms with Gasteiger partial charge in [0.1, 0.15) is 15.5 Å². The number of fused-ring (bicyclic) bond motifs is 1. The highest BCUT2D eigenvalue weighted by Crippen LogP contribution is 2.19. The molecule has 21 heavy (non-hydrogen) atoms. The number of anilines is 1. The molecule has 0 aliphatic carbocycles. The summed E-state index contributed by atoms with van der Waals surface area (Å²) in [5, 5.41) is 3.76. The quantitative estimate of drug-likeness (QED) is 0.721. The molecule has 7 heteroatoms. The van der Waals surface area contributed by atoms with E-state index in [0.29, 0.717) is 24.2 Å². The number of aromatic nitrogens is 1. The van der Waals surface area contributed by atoms with Gasteiger partial charge in [-0.2, -0.15) is 0 Å². The van der Waals surface area contributed by atoms with Gasteiger partial charge in [-0.05, 0) is 37.1 Å². The molecular formula is C14H17N3O3S. The maximum Gasteiger partial charge on any atom is 0.267 e. The minimum absolute atomic E-state index is 0.0856. The number of carbonyl (C=O) groups excluding carboxylic acids is 1. The molecule has 0 atom stereocenters. The number of aromatic amines is 1. The first-order valence-electron chi connectivity index (χ1n) is 6.82. The number of amides is 1. The normalized spacial score (nSPS) is 18.7. The molecule has 112 valence electrons. The fourth-order valence-electron chi connectivity index (χ4n) is 2.57. The molecule has 1 amide bonds. The number of hydrogen-bond donors (Lipinski definition) is 3. The summed E-state index contributed by atoms with van der Waals surface area (Å²) in [6.45, 7) is 0. The number of H-pyrrole nitrogens is 1. The highest BCUT2D eigenvalue weighted by Gasteiger charge is 2.25. The first-order chi connectivity index (χ1) is 9.93. The van der Waals surface area contributed by atoms with E-state index in [4.69, 9.17) is 5.73 Å². The highest BCUT2D eigenvalue weighted by atomic mass is 32.2. The molecule has 0 unspecified atom stereocenters. The predicted molar refractivity (Wildman–Crippen MR) is 81.9 cm³/mol. The lowest BCUT2D eigenvalue weighted by atomic mass is 10.1. The first-order valence-corrected chi connectivity index (χ1v) is 8.65. The van der Waals surface area contributed by atoms with E-state index in [-0.39, 0.29) is 23.5 Å². The average molecular weight is 307 g/mol. The molecule has 0 radical (unpaired) electrons. The SMILES string of the molecule is Nc1ccc2[nH]c(C(=O)NC3CCS(=O)(=O)CC3)cc2c1. The Morgan fingerprint density at radius 2 is 1.95 bits per heavy atom. The Balaban J connectivity index is 1.72. The molecule has 1 fully saturated rings. The molecule has 2 aromatic rings. The maximum absolute atomic E-state index is 12.2. The molecule has 0 saturated carbocycles. The number of nitrogens with two attached hydrogens (primary N) is 1. The van der Waals surface area contributed by atoms with Gasteiger partial charge in [-0.15, -0.1) is 0 Å². The van der Waals surface area contributed by atoms with Crippen LogP contribution in [0.2, 0.25) is 0 Å². The van der Waals surface area contributed by atoms with Crippen molar-refractivity contribution in [1.29, 1.82) is 0 Å². The zero-order valence-corrected chi connectivity index (χ0v) is 12.2. The summed E-state index contributed by atoms with van der Waals surface area (Å²) in [4.78, 5) is 15.2. The summed E-state index contributed by atoms with van der Waals surface area (Å²) in [5.74, 6) is 0.0663. The monoisotopic (exact) mass is 307 g/mol. The predicted octanol–water partition coefficient (Wildman–Crippen LogP) is 1.06. The van der Waals surface area contributed by atoms with Crippen LogP contribution in [0.4, 0.5) is 5.69 Å². The van der Waals surface area contributed by atoms with E-state index in [9.17, 15) is 13.2 Å². The number of rotatable bonds is 2. The minimum atomic E-state index is -2.91.